The molecule has 0 radical (unpaired) electrons. The van der Waals surface area contributed by atoms with Crippen LogP contribution in [0, 0.1) is 18.8 Å². The van der Waals surface area contributed by atoms with Gasteiger partial charge in [-0.2, -0.15) is 13.2 Å². The van der Waals surface area contributed by atoms with Crippen molar-refractivity contribution in [1.82, 2.24) is 4.90 Å². The molecule has 1 aliphatic carbocycles. The summed E-state index contributed by atoms with van der Waals surface area (Å²) in [5, 5.41) is 9.71. The van der Waals surface area contributed by atoms with Gasteiger partial charge in [0.25, 0.3) is 0 Å². The van der Waals surface area contributed by atoms with Crippen LogP contribution in [0.25, 0.3) is 0 Å². The van der Waals surface area contributed by atoms with Gasteiger partial charge in [-0.3, -0.25) is 9.59 Å². The third-order valence-electron chi connectivity index (χ3n) is 8.44. The van der Waals surface area contributed by atoms with Gasteiger partial charge < -0.3 is 15.5 Å². The van der Waals surface area contributed by atoms with Gasteiger partial charge in [0.15, 0.2) is 0 Å². The van der Waals surface area contributed by atoms with Crippen LogP contribution in [0.15, 0.2) is 22.9 Å². The molecule has 2 heterocycles. The van der Waals surface area contributed by atoms with Gasteiger partial charge in [0.1, 0.15) is 11.6 Å². The van der Waals surface area contributed by atoms with E-state index in [-0.39, 0.29) is 42.2 Å². The number of nitrogens with one attached hydrogen (secondary N) is 2. The molecule has 1 aromatic heterocycles. The Labute approximate surface area is 237 Å². The van der Waals surface area contributed by atoms with Gasteiger partial charge in [-0.15, -0.1) is 11.3 Å². The Bertz CT molecular complexity index is 1230. The van der Waals surface area contributed by atoms with Gasteiger partial charge in [0.05, 0.1) is 11.3 Å². The van der Waals surface area contributed by atoms with Crippen molar-refractivity contribution in [3.8, 4) is 0 Å². The minimum atomic E-state index is -4.52. The number of anilines is 2. The molecule has 218 valence electrons. The molecule has 4 rings (SSSR count). The van der Waals surface area contributed by atoms with Crippen molar-refractivity contribution in [2.45, 2.75) is 83.9 Å². The number of carbonyl (C=O) groups excluding carboxylic acids is 3. The molecular weight excluding hydrogens is 539 g/mol. The molecule has 1 atom stereocenters. The molecule has 2 aromatic rings. The number of halogens is 3. The molecule has 0 spiro atoms. The molecule has 0 bridgehead atoms. The Balaban J connectivity index is 1.27. The minimum Gasteiger partial charge on any atom is -0.387 e. The van der Waals surface area contributed by atoms with Gasteiger partial charge in [-0.05, 0) is 92.8 Å². The van der Waals surface area contributed by atoms with E-state index in [0.29, 0.717) is 30.0 Å². The van der Waals surface area contributed by atoms with Crippen LogP contribution in [0.3, 0.4) is 0 Å². The number of rotatable bonds is 10. The Kier molecular flexibility index (Phi) is 9.59. The van der Waals surface area contributed by atoms with Crippen molar-refractivity contribution in [2.24, 2.45) is 11.8 Å². The van der Waals surface area contributed by atoms with Crippen LogP contribution in [-0.2, 0) is 28.6 Å². The predicted octanol–water partition coefficient (Wildman–Crippen LogP) is 7.25. The number of carbonyl (C=O) groups is 3. The third-order valence-corrected chi connectivity index (χ3v) is 9.23. The zero-order valence-electron chi connectivity index (χ0n) is 23.3. The third kappa shape index (κ3) is 7.25. The van der Waals surface area contributed by atoms with Crippen molar-refractivity contribution >= 4 is 40.3 Å². The van der Waals surface area contributed by atoms with Crippen LogP contribution in [0.2, 0.25) is 0 Å². The van der Waals surface area contributed by atoms with Gasteiger partial charge in [-0.1, -0.05) is 6.07 Å². The predicted molar refractivity (Wildman–Crippen MR) is 152 cm³/mol. The first-order chi connectivity index (χ1) is 19.0. The van der Waals surface area contributed by atoms with Gasteiger partial charge in [-0.25, -0.2) is 4.79 Å². The maximum Gasteiger partial charge on any atom is 0.418 e. The first kappa shape index (κ1) is 30.1. The standard InChI is InChI=1S/C30H38F3N3O3S/c1-18-12-21(14-26(28(18)34-3)30(31,32)33)13-23(19(2)37)15-25(38)9-6-20-4-7-24(8-5-20)36-11-10-22-16-40-17-27(22)35-29(36)39/h12,14,16-17,20,23-24,34H,4-11,13,15H2,1-3H3,(H,35,39)/t20?,23-,24?/m0/s1. The molecule has 2 aliphatic rings. The average Bonchev–Trinajstić information content (AvgIpc) is 3.27. The van der Waals surface area contributed by atoms with Crippen LogP contribution < -0.4 is 10.6 Å². The summed E-state index contributed by atoms with van der Waals surface area (Å²) < 4.78 is 40.8. The lowest BCUT2D eigenvalue weighted by molar-refractivity contribution is -0.137. The SMILES string of the molecule is CNc1c(C)cc(C[C@@H](CC(=O)CCC2CCC(N3CCc4cscc4NC3=O)CC2)C(C)=O)cc1C(F)(F)F. The average molecular weight is 578 g/mol. The van der Waals surface area contributed by atoms with E-state index in [2.05, 4.69) is 16.0 Å². The Morgan fingerprint density at radius 1 is 1.18 bits per heavy atom. The van der Waals surface area contributed by atoms with Gasteiger partial charge in [0.2, 0.25) is 0 Å². The number of aryl methyl sites for hydroxylation is 1. The Morgan fingerprint density at radius 2 is 1.90 bits per heavy atom. The molecule has 1 aromatic carbocycles. The highest BCUT2D eigenvalue weighted by Gasteiger charge is 2.35. The Hall–Kier alpha value is -2.88. The second-order valence-electron chi connectivity index (χ2n) is 11.2. The minimum absolute atomic E-state index is 0.0225. The molecule has 1 fully saturated rings. The second-order valence-corrected chi connectivity index (χ2v) is 12.0. The number of Topliss-reactive ketones (excluding diaryl/α,β-unsaturated/α-hetero) is 2. The molecule has 1 aliphatic heterocycles. The molecule has 0 unspecified atom stereocenters. The zero-order valence-corrected chi connectivity index (χ0v) is 24.1. The number of thiophene rings is 1. The van der Waals surface area contributed by atoms with E-state index in [1.165, 1.54) is 19.5 Å². The number of urea groups is 1. The van der Waals surface area contributed by atoms with Crippen LogP contribution in [0.5, 0.6) is 0 Å². The number of hydrogen-bond donors (Lipinski definition) is 2. The van der Waals surface area contributed by atoms with Crippen molar-refractivity contribution in [3.05, 3.63) is 45.1 Å². The monoisotopic (exact) mass is 577 g/mol. The normalized spacial score (nSPS) is 20.4. The number of alkyl halides is 3. The highest BCUT2D eigenvalue weighted by molar-refractivity contribution is 7.08. The largest absolute Gasteiger partial charge is 0.418 e. The van der Waals surface area contributed by atoms with Crippen molar-refractivity contribution < 1.29 is 27.6 Å². The molecule has 1 saturated carbocycles. The smallest absolute Gasteiger partial charge is 0.387 e. The van der Waals surface area contributed by atoms with Gasteiger partial charge >= 0.3 is 12.2 Å². The van der Waals surface area contributed by atoms with E-state index in [9.17, 15) is 27.6 Å². The fourth-order valence-electron chi connectivity index (χ4n) is 6.17. The van der Waals surface area contributed by atoms with E-state index in [1.54, 1.807) is 24.3 Å². The second kappa shape index (κ2) is 12.7. The summed E-state index contributed by atoms with van der Waals surface area (Å²) in [5.41, 5.74) is 2.22. The van der Waals surface area contributed by atoms with E-state index in [0.717, 1.165) is 50.3 Å². The molecule has 0 saturated heterocycles. The summed E-state index contributed by atoms with van der Waals surface area (Å²) in [6, 6.07) is 2.90. The molecule has 40 heavy (non-hydrogen) atoms. The molecular formula is C30H38F3N3O3S. The summed E-state index contributed by atoms with van der Waals surface area (Å²) in [6.07, 6.45) is 1.23. The summed E-state index contributed by atoms with van der Waals surface area (Å²) in [7, 11) is 1.45. The number of nitrogens with zero attached hydrogens (tertiary/aromatic N) is 1. The lowest BCUT2D eigenvalue weighted by Gasteiger charge is -2.36. The van der Waals surface area contributed by atoms with Crippen molar-refractivity contribution in [1.29, 1.82) is 0 Å². The van der Waals surface area contributed by atoms with E-state index >= 15 is 0 Å². The lowest BCUT2D eigenvalue weighted by Crippen LogP contribution is -2.44. The van der Waals surface area contributed by atoms with E-state index in [1.807, 2.05) is 10.3 Å². The molecule has 10 heteroatoms. The molecule has 6 nitrogen and oxygen atoms in total. The van der Waals surface area contributed by atoms with Crippen LogP contribution in [0.1, 0.15) is 74.1 Å². The number of hydrogen-bond acceptors (Lipinski definition) is 5. The van der Waals surface area contributed by atoms with Crippen molar-refractivity contribution in [3.63, 3.8) is 0 Å². The first-order valence-corrected chi connectivity index (χ1v) is 14.9. The maximum atomic E-state index is 13.6. The zero-order chi connectivity index (χ0) is 29.0. The van der Waals surface area contributed by atoms with Crippen LogP contribution in [0.4, 0.5) is 29.3 Å². The van der Waals surface area contributed by atoms with E-state index < -0.39 is 17.7 Å². The number of ketones is 2. The first-order valence-electron chi connectivity index (χ1n) is 14.0. The number of benzene rings is 1. The summed E-state index contributed by atoms with van der Waals surface area (Å²) >= 11 is 1.60. The highest BCUT2D eigenvalue weighted by atomic mass is 32.1. The van der Waals surface area contributed by atoms with Crippen molar-refractivity contribution in [2.75, 3.05) is 24.2 Å². The van der Waals surface area contributed by atoms with E-state index in [4.69, 9.17) is 0 Å². The fourth-order valence-corrected chi connectivity index (χ4v) is 6.99. The molecule has 2 amide bonds. The molecule has 2 N–H and O–H groups in total. The highest BCUT2D eigenvalue weighted by Crippen LogP contribution is 2.38. The van der Waals surface area contributed by atoms with Crippen LogP contribution >= 0.6 is 11.3 Å². The fraction of sp³-hybridized carbons (Fsp3) is 0.567. The summed E-state index contributed by atoms with van der Waals surface area (Å²) in [5.74, 6) is -0.477. The number of amides is 2. The Morgan fingerprint density at radius 3 is 2.55 bits per heavy atom. The topological polar surface area (TPSA) is 78.5 Å². The quantitative estimate of drug-likeness (QED) is 0.312. The lowest BCUT2D eigenvalue weighted by atomic mass is 9.81. The van der Waals surface area contributed by atoms with Gasteiger partial charge in [0, 0.05) is 49.5 Å². The summed E-state index contributed by atoms with van der Waals surface area (Å²) in [6.45, 7) is 3.71. The summed E-state index contributed by atoms with van der Waals surface area (Å²) in [4.78, 5) is 39.9. The number of fused-ring (bicyclic) bond motifs is 1. The van der Waals surface area contributed by atoms with Crippen LogP contribution in [-0.4, -0.2) is 42.1 Å². The maximum absolute atomic E-state index is 13.6.